The van der Waals surface area contributed by atoms with Crippen molar-refractivity contribution in [3.05, 3.63) is 54.1 Å². The van der Waals surface area contributed by atoms with Crippen molar-refractivity contribution in [3.8, 4) is 11.5 Å². The van der Waals surface area contributed by atoms with E-state index < -0.39 is 10.8 Å². The number of carbonyl (C=O) groups is 1. The predicted molar refractivity (Wildman–Crippen MR) is 91.3 cm³/mol. The van der Waals surface area contributed by atoms with Crippen LogP contribution >= 0.6 is 0 Å². The van der Waals surface area contributed by atoms with Gasteiger partial charge in [0.25, 0.3) is 0 Å². The first-order valence-electron chi connectivity index (χ1n) is 7.02. The molecule has 0 aliphatic rings. The van der Waals surface area contributed by atoms with Gasteiger partial charge in [0.05, 0.1) is 14.2 Å². The second-order valence-electron chi connectivity index (χ2n) is 4.86. The summed E-state index contributed by atoms with van der Waals surface area (Å²) in [6.45, 7) is 0. The zero-order chi connectivity index (χ0) is 16.7. The van der Waals surface area contributed by atoms with Crippen molar-refractivity contribution in [2.75, 3.05) is 25.3 Å². The molecule has 1 atom stereocenters. The number of hydrogen-bond donors (Lipinski definition) is 1. The van der Waals surface area contributed by atoms with E-state index in [2.05, 4.69) is 5.32 Å². The summed E-state index contributed by atoms with van der Waals surface area (Å²) in [5.74, 6) is 1.40. The lowest BCUT2D eigenvalue weighted by Crippen LogP contribution is -2.20. The number of hydrogen-bond acceptors (Lipinski definition) is 4. The van der Waals surface area contributed by atoms with Crippen LogP contribution in [-0.4, -0.2) is 30.1 Å². The molecule has 0 heterocycles. The van der Waals surface area contributed by atoms with Crippen molar-refractivity contribution in [1.29, 1.82) is 0 Å². The highest BCUT2D eigenvalue weighted by atomic mass is 32.2. The Morgan fingerprint density at radius 3 is 2.39 bits per heavy atom. The van der Waals surface area contributed by atoms with Crippen LogP contribution in [0.5, 0.6) is 11.5 Å². The van der Waals surface area contributed by atoms with E-state index >= 15 is 0 Å². The second-order valence-corrected chi connectivity index (χ2v) is 6.31. The number of amides is 1. The molecule has 0 aromatic heterocycles. The summed E-state index contributed by atoms with van der Waals surface area (Å²) in [5, 5.41) is 2.72. The van der Waals surface area contributed by atoms with Crippen LogP contribution in [-0.2, 0) is 21.3 Å². The van der Waals surface area contributed by atoms with Crippen molar-refractivity contribution in [2.24, 2.45) is 0 Å². The molecule has 2 aromatic rings. The van der Waals surface area contributed by atoms with Gasteiger partial charge in [-0.05, 0) is 42.0 Å². The Bertz CT molecular complexity index is 685. The number of rotatable bonds is 7. The molecular weight excluding hydrogens is 314 g/mol. The van der Waals surface area contributed by atoms with Crippen LogP contribution in [0.1, 0.15) is 5.56 Å². The van der Waals surface area contributed by atoms with Crippen molar-refractivity contribution >= 4 is 22.4 Å². The molecule has 0 spiro atoms. The van der Waals surface area contributed by atoms with Gasteiger partial charge in [0.1, 0.15) is 17.3 Å². The molecule has 1 amide bonds. The molecule has 0 saturated carbocycles. The van der Waals surface area contributed by atoms with Crippen LogP contribution in [0.15, 0.2) is 48.5 Å². The minimum absolute atomic E-state index is 0.0523. The van der Waals surface area contributed by atoms with Crippen LogP contribution in [0, 0.1) is 0 Å². The molecule has 23 heavy (non-hydrogen) atoms. The predicted octanol–water partition coefficient (Wildman–Crippen LogP) is 2.59. The van der Waals surface area contributed by atoms with Crippen molar-refractivity contribution in [3.63, 3.8) is 0 Å². The lowest BCUT2D eigenvalue weighted by molar-refractivity contribution is -0.113. The van der Waals surface area contributed by atoms with E-state index in [0.717, 1.165) is 5.56 Å². The molecule has 6 heteroatoms. The maximum atomic E-state index is 12.1. The molecule has 0 saturated heterocycles. The molecule has 0 radical (unpaired) electrons. The van der Waals surface area contributed by atoms with Gasteiger partial charge in [-0.25, -0.2) is 0 Å². The monoisotopic (exact) mass is 333 g/mol. The highest BCUT2D eigenvalue weighted by molar-refractivity contribution is 7.84. The van der Waals surface area contributed by atoms with E-state index in [1.165, 1.54) is 0 Å². The molecule has 0 aliphatic carbocycles. The van der Waals surface area contributed by atoms with Gasteiger partial charge in [-0.3, -0.25) is 9.00 Å². The Kier molecular flexibility index (Phi) is 6.17. The first-order valence-corrected chi connectivity index (χ1v) is 8.51. The minimum Gasteiger partial charge on any atom is -0.497 e. The van der Waals surface area contributed by atoms with Gasteiger partial charge in [0, 0.05) is 22.2 Å². The van der Waals surface area contributed by atoms with Gasteiger partial charge in [-0.1, -0.05) is 12.1 Å². The number of carbonyl (C=O) groups excluding carboxylic acids is 1. The summed E-state index contributed by atoms with van der Waals surface area (Å²) < 4.78 is 22.3. The second kappa shape index (κ2) is 8.33. The fourth-order valence-corrected chi connectivity index (χ4v) is 3.03. The molecule has 0 aliphatic heterocycles. The van der Waals surface area contributed by atoms with Gasteiger partial charge in [-0.15, -0.1) is 0 Å². The molecule has 2 rings (SSSR count). The average molecular weight is 333 g/mol. The summed E-state index contributed by atoms with van der Waals surface area (Å²) in [7, 11) is 1.88. The first kappa shape index (κ1) is 17.0. The van der Waals surface area contributed by atoms with E-state index in [9.17, 15) is 9.00 Å². The Labute approximate surface area is 138 Å². The van der Waals surface area contributed by atoms with E-state index in [1.807, 2.05) is 24.3 Å². The van der Waals surface area contributed by atoms with Gasteiger partial charge in [-0.2, -0.15) is 0 Å². The quantitative estimate of drug-likeness (QED) is 0.846. The van der Waals surface area contributed by atoms with Crippen molar-refractivity contribution in [2.45, 2.75) is 5.75 Å². The van der Waals surface area contributed by atoms with Crippen molar-refractivity contribution < 1.29 is 18.5 Å². The number of benzene rings is 2. The smallest absolute Gasteiger partial charge is 0.237 e. The Morgan fingerprint density at radius 1 is 1.04 bits per heavy atom. The third-order valence-corrected chi connectivity index (χ3v) is 4.37. The molecule has 122 valence electrons. The Hall–Kier alpha value is -2.34. The molecule has 1 N–H and O–H groups in total. The van der Waals surface area contributed by atoms with E-state index in [-0.39, 0.29) is 11.7 Å². The number of anilines is 1. The number of methoxy groups -OCH3 is 2. The summed E-state index contributed by atoms with van der Waals surface area (Å²) in [5.41, 5.74) is 1.52. The fraction of sp³-hybridized carbons (Fsp3) is 0.235. The van der Waals surface area contributed by atoms with Crippen LogP contribution in [0.25, 0.3) is 0 Å². The SMILES string of the molecule is COc1ccc(NC(=O)C[S@@](=O)Cc2cccc(OC)c2)cc1. The van der Waals surface area contributed by atoms with E-state index in [4.69, 9.17) is 9.47 Å². The average Bonchev–Trinajstić information content (AvgIpc) is 2.55. The largest absolute Gasteiger partial charge is 0.497 e. The summed E-state index contributed by atoms with van der Waals surface area (Å²) in [6.07, 6.45) is 0. The fourth-order valence-electron chi connectivity index (χ4n) is 2.02. The molecule has 0 fully saturated rings. The lowest BCUT2D eigenvalue weighted by atomic mass is 10.2. The third kappa shape index (κ3) is 5.41. The van der Waals surface area contributed by atoms with Gasteiger partial charge < -0.3 is 14.8 Å². The van der Waals surface area contributed by atoms with Gasteiger partial charge in [0.2, 0.25) is 5.91 Å². The van der Waals surface area contributed by atoms with Crippen LogP contribution in [0.2, 0.25) is 0 Å². The zero-order valence-electron chi connectivity index (χ0n) is 13.1. The van der Waals surface area contributed by atoms with Gasteiger partial charge >= 0.3 is 0 Å². The third-order valence-electron chi connectivity index (χ3n) is 3.13. The van der Waals surface area contributed by atoms with E-state index in [1.54, 1.807) is 38.5 Å². The standard InChI is InChI=1S/C17H19NO4S/c1-21-15-8-6-14(7-9-15)18-17(19)12-23(20)11-13-4-3-5-16(10-13)22-2/h3-10H,11-12H2,1-2H3,(H,18,19)/t23-/m0/s1. The maximum Gasteiger partial charge on any atom is 0.237 e. The number of ether oxygens (including phenoxy) is 2. The highest BCUT2D eigenvalue weighted by Gasteiger charge is 2.10. The normalized spacial score (nSPS) is 11.6. The van der Waals surface area contributed by atoms with Crippen LogP contribution in [0.3, 0.4) is 0 Å². The summed E-state index contributed by atoms with van der Waals surface area (Å²) in [4.78, 5) is 11.9. The van der Waals surface area contributed by atoms with Crippen LogP contribution < -0.4 is 14.8 Å². The van der Waals surface area contributed by atoms with E-state index in [0.29, 0.717) is 22.9 Å². The molecule has 5 nitrogen and oxygen atoms in total. The minimum atomic E-state index is -1.28. The van der Waals surface area contributed by atoms with Gasteiger partial charge in [0.15, 0.2) is 0 Å². The Morgan fingerprint density at radius 2 is 1.74 bits per heavy atom. The van der Waals surface area contributed by atoms with Crippen LogP contribution in [0.4, 0.5) is 5.69 Å². The zero-order valence-corrected chi connectivity index (χ0v) is 13.9. The summed E-state index contributed by atoms with van der Waals surface area (Å²) >= 11 is 0. The molecule has 0 unspecified atom stereocenters. The molecule has 0 bridgehead atoms. The first-order chi connectivity index (χ1) is 11.1. The number of nitrogens with one attached hydrogen (secondary N) is 1. The maximum absolute atomic E-state index is 12.1. The lowest BCUT2D eigenvalue weighted by Gasteiger charge is -2.07. The summed E-state index contributed by atoms with van der Waals surface area (Å²) in [6, 6.07) is 14.3. The molecular formula is C17H19NO4S. The molecule has 2 aromatic carbocycles. The Balaban J connectivity index is 1.87. The topological polar surface area (TPSA) is 64.6 Å². The van der Waals surface area contributed by atoms with Crippen molar-refractivity contribution in [1.82, 2.24) is 0 Å². The highest BCUT2D eigenvalue weighted by Crippen LogP contribution is 2.16.